The molecule has 0 saturated carbocycles. The van der Waals surface area contributed by atoms with Crippen LogP contribution in [0, 0.1) is 0 Å². The van der Waals surface area contributed by atoms with E-state index >= 15 is 0 Å². The predicted octanol–water partition coefficient (Wildman–Crippen LogP) is 0.949. The number of benzene rings is 1. The Labute approximate surface area is 112 Å². The average Bonchev–Trinajstić information content (AvgIpc) is 2.46. The molecule has 100 valence electrons. The van der Waals surface area contributed by atoms with E-state index in [9.17, 15) is 9.59 Å². The molecule has 0 amide bonds. The fourth-order valence-electron chi connectivity index (χ4n) is 1.98. The van der Waals surface area contributed by atoms with E-state index in [0.717, 1.165) is 6.20 Å². The molecule has 7 nitrogen and oxygen atoms in total. The van der Waals surface area contributed by atoms with Crippen molar-refractivity contribution in [3.63, 3.8) is 0 Å². The van der Waals surface area contributed by atoms with E-state index in [1.165, 1.54) is 17.7 Å². The maximum Gasteiger partial charge on any atom is 0.342 e. The highest BCUT2D eigenvalue weighted by Crippen LogP contribution is 2.18. The Morgan fingerprint density at radius 2 is 2.10 bits per heavy atom. The smallest absolute Gasteiger partial charge is 0.342 e. The molecule has 1 N–H and O–H groups in total. The van der Waals surface area contributed by atoms with Crippen molar-refractivity contribution in [3.8, 4) is 5.75 Å². The van der Waals surface area contributed by atoms with Crippen molar-refractivity contribution >= 4 is 22.6 Å². The van der Waals surface area contributed by atoms with E-state index in [-0.39, 0.29) is 5.65 Å². The van der Waals surface area contributed by atoms with Crippen LogP contribution in [-0.2, 0) is 0 Å². The Balaban J connectivity index is 2.53. The van der Waals surface area contributed by atoms with Gasteiger partial charge in [-0.15, -0.1) is 0 Å². The summed E-state index contributed by atoms with van der Waals surface area (Å²) in [7, 11) is 1.50. The van der Waals surface area contributed by atoms with Gasteiger partial charge in [0.15, 0.2) is 5.65 Å². The fraction of sp³-hybridized carbons (Fsp3) is 0.0769. The number of nitrogens with zero attached hydrogens (tertiary/aromatic N) is 3. The van der Waals surface area contributed by atoms with Crippen LogP contribution >= 0.6 is 0 Å². The van der Waals surface area contributed by atoms with Gasteiger partial charge in [-0.25, -0.2) is 9.78 Å². The monoisotopic (exact) mass is 271 g/mol. The number of carboxylic acids is 1. The first-order valence-electron chi connectivity index (χ1n) is 5.69. The van der Waals surface area contributed by atoms with Crippen LogP contribution in [0.1, 0.15) is 10.4 Å². The maximum atomic E-state index is 12.3. The number of carbonyl (C=O) groups is 1. The van der Waals surface area contributed by atoms with Crippen LogP contribution in [-0.4, -0.2) is 32.6 Å². The lowest BCUT2D eigenvalue weighted by Gasteiger charge is -2.07. The number of fused-ring (bicyclic) bond motifs is 3. The van der Waals surface area contributed by atoms with Gasteiger partial charge in [0.1, 0.15) is 11.3 Å². The van der Waals surface area contributed by atoms with Crippen molar-refractivity contribution in [2.75, 3.05) is 7.11 Å². The molecule has 0 atom stereocenters. The molecular weight excluding hydrogens is 262 g/mol. The van der Waals surface area contributed by atoms with E-state index in [0.29, 0.717) is 16.8 Å². The van der Waals surface area contributed by atoms with Crippen molar-refractivity contribution in [1.82, 2.24) is 14.4 Å². The van der Waals surface area contributed by atoms with Crippen LogP contribution in [0.3, 0.4) is 0 Å². The molecular formula is C13H9N3O4. The maximum absolute atomic E-state index is 12.3. The van der Waals surface area contributed by atoms with Gasteiger partial charge in [-0.05, 0) is 12.1 Å². The summed E-state index contributed by atoms with van der Waals surface area (Å²) in [6.45, 7) is 0. The average molecular weight is 271 g/mol. The molecule has 3 aromatic rings. The molecule has 0 unspecified atom stereocenters. The lowest BCUT2D eigenvalue weighted by Crippen LogP contribution is -2.23. The van der Waals surface area contributed by atoms with E-state index in [4.69, 9.17) is 9.84 Å². The van der Waals surface area contributed by atoms with E-state index in [1.807, 2.05) is 0 Å². The third kappa shape index (κ3) is 1.68. The van der Waals surface area contributed by atoms with Gasteiger partial charge in [-0.2, -0.15) is 0 Å². The summed E-state index contributed by atoms with van der Waals surface area (Å²) in [6.07, 6.45) is 2.45. The number of carboxylic acid groups (broad SMARTS) is 1. The van der Waals surface area contributed by atoms with Gasteiger partial charge < -0.3 is 9.84 Å². The van der Waals surface area contributed by atoms with Crippen molar-refractivity contribution in [2.45, 2.75) is 0 Å². The molecule has 0 aliphatic heterocycles. The Kier molecular flexibility index (Phi) is 2.60. The van der Waals surface area contributed by atoms with Crippen molar-refractivity contribution < 1.29 is 14.6 Å². The highest BCUT2D eigenvalue weighted by molar-refractivity contribution is 5.88. The summed E-state index contributed by atoms with van der Waals surface area (Å²) in [5.41, 5.74) is 0.230. The van der Waals surface area contributed by atoms with Gasteiger partial charge in [0.05, 0.1) is 24.3 Å². The summed E-state index contributed by atoms with van der Waals surface area (Å²) in [4.78, 5) is 31.4. The van der Waals surface area contributed by atoms with E-state index in [2.05, 4.69) is 9.97 Å². The fourth-order valence-corrected chi connectivity index (χ4v) is 1.98. The number of hydrogen-bond acceptors (Lipinski definition) is 5. The molecule has 2 aromatic heterocycles. The minimum atomic E-state index is -1.32. The summed E-state index contributed by atoms with van der Waals surface area (Å²) in [6, 6.07) is 5.01. The van der Waals surface area contributed by atoms with Gasteiger partial charge in [0.25, 0.3) is 5.56 Å². The van der Waals surface area contributed by atoms with Crippen molar-refractivity contribution in [3.05, 3.63) is 46.5 Å². The van der Waals surface area contributed by atoms with Gasteiger partial charge in [0, 0.05) is 12.3 Å². The third-order valence-electron chi connectivity index (χ3n) is 2.96. The third-order valence-corrected chi connectivity index (χ3v) is 2.96. The molecule has 2 heterocycles. The Bertz CT molecular complexity index is 901. The summed E-state index contributed by atoms with van der Waals surface area (Å²) >= 11 is 0. The largest absolute Gasteiger partial charge is 0.497 e. The normalized spacial score (nSPS) is 10.8. The number of methoxy groups -OCH3 is 1. The second-order valence-corrected chi connectivity index (χ2v) is 4.09. The molecule has 0 aliphatic carbocycles. The molecule has 3 rings (SSSR count). The molecule has 1 aromatic carbocycles. The van der Waals surface area contributed by atoms with Gasteiger partial charge in [0.2, 0.25) is 0 Å². The second-order valence-electron chi connectivity index (χ2n) is 4.09. The predicted molar refractivity (Wildman–Crippen MR) is 70.3 cm³/mol. The molecule has 0 saturated heterocycles. The number of aromatic carboxylic acids is 1. The number of hydrogen-bond donors (Lipinski definition) is 1. The first kappa shape index (κ1) is 12.1. The van der Waals surface area contributed by atoms with Crippen LogP contribution in [0.4, 0.5) is 0 Å². The Morgan fingerprint density at radius 1 is 1.30 bits per heavy atom. The molecule has 20 heavy (non-hydrogen) atoms. The first-order chi connectivity index (χ1) is 9.61. The zero-order valence-electron chi connectivity index (χ0n) is 10.4. The summed E-state index contributed by atoms with van der Waals surface area (Å²) in [5, 5.41) is 9.00. The minimum absolute atomic E-state index is 0.278. The van der Waals surface area contributed by atoms with Crippen molar-refractivity contribution in [2.24, 2.45) is 0 Å². The van der Waals surface area contributed by atoms with Crippen LogP contribution in [0.2, 0.25) is 0 Å². The SMILES string of the molecule is COc1ccc2ncc3ncc(C(=O)O)c(=O)n3c2c1. The Morgan fingerprint density at radius 3 is 2.80 bits per heavy atom. The number of ether oxygens (including phenoxy) is 1. The molecule has 0 radical (unpaired) electrons. The van der Waals surface area contributed by atoms with Crippen LogP contribution in [0.25, 0.3) is 16.7 Å². The molecule has 7 heteroatoms. The molecule has 0 aliphatic rings. The first-order valence-corrected chi connectivity index (χ1v) is 5.69. The molecule has 0 fully saturated rings. The zero-order chi connectivity index (χ0) is 14.3. The van der Waals surface area contributed by atoms with Crippen molar-refractivity contribution in [1.29, 1.82) is 0 Å². The van der Waals surface area contributed by atoms with Gasteiger partial charge >= 0.3 is 5.97 Å². The topological polar surface area (TPSA) is 93.8 Å². The van der Waals surface area contributed by atoms with Crippen LogP contribution in [0.5, 0.6) is 5.75 Å². The van der Waals surface area contributed by atoms with Crippen LogP contribution in [0.15, 0.2) is 35.4 Å². The standard InChI is InChI=1S/C13H9N3O4/c1-20-7-2-3-9-10(4-7)16-11(6-14-9)15-5-8(12(16)17)13(18)19/h2-6H,1H3,(H,18,19). The lowest BCUT2D eigenvalue weighted by atomic mass is 10.2. The van der Waals surface area contributed by atoms with Gasteiger partial charge in [-0.1, -0.05) is 0 Å². The highest BCUT2D eigenvalue weighted by atomic mass is 16.5. The summed E-state index contributed by atoms with van der Waals surface area (Å²) < 4.78 is 6.33. The molecule has 0 spiro atoms. The van der Waals surface area contributed by atoms with Crippen LogP contribution < -0.4 is 10.3 Å². The molecule has 0 bridgehead atoms. The van der Waals surface area contributed by atoms with E-state index in [1.54, 1.807) is 18.2 Å². The quantitative estimate of drug-likeness (QED) is 0.697. The zero-order valence-corrected chi connectivity index (χ0v) is 10.4. The highest BCUT2D eigenvalue weighted by Gasteiger charge is 2.14. The minimum Gasteiger partial charge on any atom is -0.497 e. The number of rotatable bonds is 2. The summed E-state index contributed by atoms with van der Waals surface area (Å²) in [5.74, 6) is -0.774. The van der Waals surface area contributed by atoms with Gasteiger partial charge in [-0.3, -0.25) is 14.2 Å². The Hall–Kier alpha value is -2.96. The lowest BCUT2D eigenvalue weighted by molar-refractivity contribution is 0.0694. The van der Waals surface area contributed by atoms with E-state index < -0.39 is 17.1 Å². The second kappa shape index (κ2) is 4.30. The number of aromatic nitrogens is 3.